The number of hydrogen-bond donors (Lipinski definition) is 0. The second kappa shape index (κ2) is 7.12. The zero-order valence-electron chi connectivity index (χ0n) is 22.0. The maximum absolute atomic E-state index is 13.3. The van der Waals surface area contributed by atoms with Gasteiger partial charge in [0.05, 0.1) is 12.5 Å². The van der Waals surface area contributed by atoms with E-state index in [1.807, 2.05) is 19.9 Å². The van der Waals surface area contributed by atoms with Crippen LogP contribution in [0.2, 0.25) is 0 Å². The van der Waals surface area contributed by atoms with Gasteiger partial charge in [-0.3, -0.25) is 9.59 Å². The molecule has 2 unspecified atom stereocenters. The molecule has 7 nitrogen and oxygen atoms in total. The van der Waals surface area contributed by atoms with Crippen LogP contribution in [0.1, 0.15) is 78.9 Å². The molecule has 0 amide bonds. The molecule has 4 fully saturated rings. The maximum Gasteiger partial charge on any atom is 0.339 e. The van der Waals surface area contributed by atoms with Crippen LogP contribution in [0, 0.1) is 33.5 Å². The van der Waals surface area contributed by atoms with Crippen molar-refractivity contribution in [2.24, 2.45) is 33.5 Å². The van der Waals surface area contributed by atoms with Crippen molar-refractivity contribution in [3.8, 4) is 0 Å². The van der Waals surface area contributed by atoms with E-state index >= 15 is 0 Å². The molecule has 1 aromatic heterocycles. The minimum absolute atomic E-state index is 0.00611. The molecule has 0 N–H and O–H groups in total. The highest BCUT2D eigenvalue weighted by atomic mass is 16.7. The predicted molar refractivity (Wildman–Crippen MR) is 128 cm³/mol. The van der Waals surface area contributed by atoms with Crippen LogP contribution in [0.25, 0.3) is 0 Å². The lowest BCUT2D eigenvalue weighted by molar-refractivity contribution is -0.252. The van der Waals surface area contributed by atoms with E-state index in [1.165, 1.54) is 0 Å². The normalized spacial score (nSPS) is 48.1. The van der Waals surface area contributed by atoms with Crippen molar-refractivity contribution in [2.75, 3.05) is 0 Å². The molecule has 3 heterocycles. The molecular weight excluding hydrogens is 460 g/mol. The molecule has 0 bridgehead atoms. The van der Waals surface area contributed by atoms with Crippen LogP contribution >= 0.6 is 0 Å². The van der Waals surface area contributed by atoms with E-state index in [2.05, 4.69) is 26.8 Å². The number of fused-ring (bicyclic) bond motifs is 3. The van der Waals surface area contributed by atoms with Crippen LogP contribution in [0.4, 0.5) is 0 Å². The fourth-order valence-electron chi connectivity index (χ4n) is 9.24. The predicted octanol–water partition coefficient (Wildman–Crippen LogP) is 4.95. The van der Waals surface area contributed by atoms with Gasteiger partial charge in [-0.15, -0.1) is 0 Å². The Kier molecular flexibility index (Phi) is 4.74. The van der Waals surface area contributed by atoms with E-state index in [1.54, 1.807) is 25.5 Å². The van der Waals surface area contributed by atoms with E-state index in [0.29, 0.717) is 6.42 Å². The summed E-state index contributed by atoms with van der Waals surface area (Å²) in [5.41, 5.74) is -2.15. The molecule has 194 valence electrons. The minimum Gasteiger partial charge on any atom is -0.472 e. The van der Waals surface area contributed by atoms with Gasteiger partial charge in [-0.1, -0.05) is 47.6 Å². The van der Waals surface area contributed by atoms with E-state index in [0.717, 1.165) is 18.4 Å². The molecular formula is C29H36O7. The monoisotopic (exact) mass is 496 g/mol. The molecule has 6 rings (SSSR count). The highest BCUT2D eigenvalue weighted by Crippen LogP contribution is 2.79. The first-order valence-corrected chi connectivity index (χ1v) is 13.2. The second-order valence-corrected chi connectivity index (χ2v) is 12.8. The summed E-state index contributed by atoms with van der Waals surface area (Å²) in [7, 11) is 0. The van der Waals surface area contributed by atoms with E-state index < -0.39 is 40.2 Å². The van der Waals surface area contributed by atoms with Gasteiger partial charge in [0.25, 0.3) is 0 Å². The number of epoxide rings is 1. The van der Waals surface area contributed by atoms with Crippen molar-refractivity contribution >= 4 is 17.7 Å². The summed E-state index contributed by atoms with van der Waals surface area (Å²) >= 11 is 0. The Morgan fingerprint density at radius 1 is 1.11 bits per heavy atom. The van der Waals surface area contributed by atoms with Crippen LogP contribution in [-0.2, 0) is 28.6 Å². The summed E-state index contributed by atoms with van der Waals surface area (Å²) in [5.74, 6) is -0.507. The summed E-state index contributed by atoms with van der Waals surface area (Å²) in [6.07, 6.45) is 7.75. The summed E-state index contributed by atoms with van der Waals surface area (Å²) in [6.45, 7) is 12.4. The Morgan fingerprint density at radius 3 is 2.53 bits per heavy atom. The first-order valence-electron chi connectivity index (χ1n) is 13.2. The Morgan fingerprint density at radius 2 is 1.86 bits per heavy atom. The highest BCUT2D eigenvalue weighted by molar-refractivity contribution is 5.95. The molecule has 36 heavy (non-hydrogen) atoms. The van der Waals surface area contributed by atoms with Crippen LogP contribution in [0.3, 0.4) is 0 Å². The average molecular weight is 497 g/mol. The molecule has 5 aliphatic rings. The van der Waals surface area contributed by atoms with E-state index in [-0.39, 0.29) is 41.4 Å². The number of allylic oxidation sites excluding steroid dienone is 2. The number of hydrogen-bond acceptors (Lipinski definition) is 7. The third-order valence-electron chi connectivity index (χ3n) is 11.1. The largest absolute Gasteiger partial charge is 0.472 e. The maximum atomic E-state index is 13.3. The highest BCUT2D eigenvalue weighted by Gasteiger charge is 2.88. The SMILES string of the molecule is CCC(=O)O[C@@H]1CC2C(C)(C)C(=O)C=C[C@]2(C)C2CC[C@@]3(C)[C@H](c4ccoc4)OC(=O)[C@H]4O[C@]43[C@@]21C. The van der Waals surface area contributed by atoms with Gasteiger partial charge >= 0.3 is 11.9 Å². The summed E-state index contributed by atoms with van der Waals surface area (Å²) in [5, 5.41) is 0. The van der Waals surface area contributed by atoms with Crippen molar-refractivity contribution in [2.45, 2.75) is 91.1 Å². The number of ketones is 1. The second-order valence-electron chi connectivity index (χ2n) is 12.8. The fraction of sp³-hybridized carbons (Fsp3) is 0.690. The molecule has 2 aliphatic heterocycles. The quantitative estimate of drug-likeness (QED) is 0.431. The van der Waals surface area contributed by atoms with Crippen molar-refractivity contribution in [1.82, 2.24) is 0 Å². The number of carbonyl (C=O) groups is 3. The summed E-state index contributed by atoms with van der Waals surface area (Å²) < 4.78 is 24.2. The first-order chi connectivity index (χ1) is 16.9. The van der Waals surface area contributed by atoms with E-state index in [4.69, 9.17) is 18.6 Å². The van der Waals surface area contributed by atoms with Gasteiger partial charge in [-0.05, 0) is 48.7 Å². The zero-order valence-corrected chi connectivity index (χ0v) is 22.0. The summed E-state index contributed by atoms with van der Waals surface area (Å²) in [6, 6.07) is 1.85. The topological polar surface area (TPSA) is 95.3 Å². The Balaban J connectivity index is 1.55. The minimum atomic E-state index is -0.855. The lowest BCUT2D eigenvalue weighted by Crippen LogP contribution is -2.72. The van der Waals surface area contributed by atoms with Crippen molar-refractivity contribution in [3.63, 3.8) is 0 Å². The number of carbonyl (C=O) groups excluding carboxylic acids is 3. The smallest absolute Gasteiger partial charge is 0.339 e. The van der Waals surface area contributed by atoms with Crippen LogP contribution in [0.15, 0.2) is 35.2 Å². The van der Waals surface area contributed by atoms with E-state index in [9.17, 15) is 14.4 Å². The fourth-order valence-corrected chi connectivity index (χ4v) is 9.24. The van der Waals surface area contributed by atoms with Crippen LogP contribution in [0.5, 0.6) is 0 Å². The Bertz CT molecular complexity index is 1170. The first kappa shape index (κ1) is 24.0. The number of cyclic esters (lactones) is 1. The van der Waals surface area contributed by atoms with Gasteiger partial charge in [-0.2, -0.15) is 0 Å². The number of rotatable bonds is 3. The lowest BCUT2D eigenvalue weighted by atomic mass is 9.35. The van der Waals surface area contributed by atoms with Gasteiger partial charge in [0.1, 0.15) is 17.8 Å². The molecule has 3 aliphatic carbocycles. The lowest BCUT2D eigenvalue weighted by Gasteiger charge is -2.68. The molecule has 1 aromatic rings. The Labute approximate surface area is 211 Å². The van der Waals surface area contributed by atoms with Crippen molar-refractivity contribution in [3.05, 3.63) is 36.3 Å². The molecule has 0 aromatic carbocycles. The zero-order chi connectivity index (χ0) is 25.9. The van der Waals surface area contributed by atoms with Gasteiger partial charge in [0.15, 0.2) is 11.9 Å². The van der Waals surface area contributed by atoms with Gasteiger partial charge in [-0.25, -0.2) is 4.79 Å². The molecule has 9 atom stereocenters. The standard InChI is InChI=1S/C29H36O7/c1-7-21(31)34-20-14-18-25(2,3)19(30)9-11-26(18,4)17-8-12-27(5)22(16-10-13-33-15-16)35-24(32)23-29(27,36-23)28(17,20)6/h9-11,13,15,17-18,20,22-23H,7-8,12,14H2,1-6H3/t17?,18?,20-,22+,23-,26-,27+,28+,29-/m1/s1. The number of esters is 2. The molecule has 2 saturated heterocycles. The Hall–Kier alpha value is -2.41. The number of furan rings is 1. The average Bonchev–Trinajstić information content (AvgIpc) is 3.40. The van der Waals surface area contributed by atoms with Gasteiger partial charge in [0.2, 0.25) is 0 Å². The molecule has 7 heteroatoms. The molecule has 2 saturated carbocycles. The van der Waals surface area contributed by atoms with Crippen molar-refractivity contribution in [1.29, 1.82) is 0 Å². The third kappa shape index (κ3) is 2.55. The van der Waals surface area contributed by atoms with Crippen LogP contribution in [-0.4, -0.2) is 35.5 Å². The third-order valence-corrected chi connectivity index (χ3v) is 11.1. The van der Waals surface area contributed by atoms with Gasteiger partial charge in [0, 0.05) is 28.2 Å². The van der Waals surface area contributed by atoms with Crippen molar-refractivity contribution < 1.29 is 33.0 Å². The number of ether oxygens (including phenoxy) is 3. The molecule has 0 radical (unpaired) electrons. The van der Waals surface area contributed by atoms with Crippen LogP contribution < -0.4 is 0 Å². The van der Waals surface area contributed by atoms with Gasteiger partial charge < -0.3 is 18.6 Å². The summed E-state index contributed by atoms with van der Waals surface area (Å²) in [4.78, 5) is 39.1. The molecule has 1 spiro atoms.